The third-order valence-electron chi connectivity index (χ3n) is 20.5. The summed E-state index contributed by atoms with van der Waals surface area (Å²) in [6.45, 7) is 7.95. The molecule has 0 bridgehead atoms. The lowest BCUT2D eigenvalue weighted by molar-refractivity contribution is -0.141. The molecule has 0 radical (unpaired) electrons. The van der Waals surface area contributed by atoms with Crippen molar-refractivity contribution in [2.24, 2.45) is 0 Å². The van der Waals surface area contributed by atoms with Gasteiger partial charge in [0.05, 0.1) is 37.8 Å². The number of alkyl halides is 8. The van der Waals surface area contributed by atoms with E-state index >= 15 is 0 Å². The number of rotatable bonds is 16. The molecule has 7 aliphatic heterocycles. The van der Waals surface area contributed by atoms with Crippen LogP contribution in [0.2, 0.25) is 0 Å². The van der Waals surface area contributed by atoms with Gasteiger partial charge in [-0.2, -0.15) is 55.1 Å². The van der Waals surface area contributed by atoms with Gasteiger partial charge in [-0.25, -0.2) is 19.2 Å². The van der Waals surface area contributed by atoms with Gasteiger partial charge in [-0.3, -0.25) is 37.4 Å². The van der Waals surface area contributed by atoms with E-state index in [9.17, 15) is 93.9 Å². The van der Waals surface area contributed by atoms with Crippen LogP contribution >= 0.6 is 0 Å². The minimum atomic E-state index is -3.83. The predicted molar refractivity (Wildman–Crippen MR) is 406 cm³/mol. The monoisotopic (exact) mass is 1720 g/mol. The van der Waals surface area contributed by atoms with E-state index in [1.807, 2.05) is 19.9 Å². The molecule has 4 fully saturated rings. The highest BCUT2D eigenvalue weighted by atomic mass is 19.3. The lowest BCUT2D eigenvalue weighted by Gasteiger charge is -2.32. The second-order valence-corrected chi connectivity index (χ2v) is 29.3. The molecule has 11 heterocycles. The number of carbonyl (C=O) groups is 4. The number of nitrogens with zero attached hydrogens (tertiary/aromatic N) is 9. The fraction of sp³-hybridized carbons (Fsp3) is 0.377. The van der Waals surface area contributed by atoms with Gasteiger partial charge in [0.1, 0.15) is 59.0 Å². The normalized spacial score (nSPS) is 24.7. The van der Waals surface area contributed by atoms with Crippen molar-refractivity contribution in [3.8, 4) is 17.2 Å². The van der Waals surface area contributed by atoms with Crippen molar-refractivity contribution in [1.29, 1.82) is 0 Å². The van der Waals surface area contributed by atoms with E-state index in [2.05, 4.69) is 59.7 Å². The summed E-state index contributed by atoms with van der Waals surface area (Å²) in [4.78, 5) is 115. The van der Waals surface area contributed by atoms with Gasteiger partial charge in [0.25, 0.3) is 23.6 Å². The molecule has 122 heavy (non-hydrogen) atoms. The Morgan fingerprint density at radius 1 is 0.451 bits per heavy atom. The number of fused-ring (bicyclic) bond motifs is 4. The van der Waals surface area contributed by atoms with E-state index in [0.717, 1.165) is 85.8 Å². The molecular weight excluding hydrogens is 1640 g/mol. The number of halogens is 8. The molecule has 4 saturated heterocycles. The zero-order valence-electron chi connectivity index (χ0n) is 64.0. The molecule has 12 atom stereocenters. The van der Waals surface area contributed by atoms with Crippen LogP contribution in [0.15, 0.2) is 166 Å². The number of carbonyl (C=O) groups excluding carboxylic acids is 4. The van der Waals surface area contributed by atoms with Crippen molar-refractivity contribution >= 4 is 58.3 Å². The van der Waals surface area contributed by atoms with Crippen molar-refractivity contribution in [2.45, 2.75) is 149 Å². The van der Waals surface area contributed by atoms with Crippen LogP contribution in [-0.2, 0) is 38.2 Å². The summed E-state index contributed by atoms with van der Waals surface area (Å²) in [6, 6.07) is 24.2. The van der Waals surface area contributed by atoms with E-state index in [4.69, 9.17) is 53.6 Å². The minimum absolute atomic E-state index is 0.0997. The average Bonchev–Trinajstić information content (AvgIpc) is 1.61. The Labute approximate surface area is 681 Å². The van der Waals surface area contributed by atoms with Crippen LogP contribution in [0, 0.1) is 0 Å². The zero-order valence-corrected chi connectivity index (χ0v) is 64.0. The van der Waals surface area contributed by atoms with Gasteiger partial charge in [-0.1, -0.05) is 6.07 Å². The van der Waals surface area contributed by atoms with E-state index in [1.165, 1.54) is 42.0 Å². The zero-order chi connectivity index (χ0) is 88.1. The van der Waals surface area contributed by atoms with Crippen LogP contribution in [0.3, 0.4) is 0 Å². The van der Waals surface area contributed by atoms with Crippen LogP contribution in [0.5, 0.6) is 17.2 Å². The number of aliphatic hydroxyl groups excluding tert-OH is 8. The van der Waals surface area contributed by atoms with Gasteiger partial charge in [-0.05, 0) is 167 Å². The Morgan fingerprint density at radius 2 is 0.795 bits per heavy atom. The van der Waals surface area contributed by atoms with E-state index in [1.54, 1.807) is 54.4 Å². The number of benzene rings is 4. The van der Waals surface area contributed by atoms with Gasteiger partial charge < -0.3 is 105 Å². The maximum absolute atomic E-state index is 14.3. The topological polar surface area (TPSA) is 498 Å². The van der Waals surface area contributed by atoms with Crippen LogP contribution < -0.4 is 68.5 Å². The number of amides is 4. The first-order valence-corrected chi connectivity index (χ1v) is 37.0. The maximum Gasteiger partial charge on any atom is 0.351 e. The van der Waals surface area contributed by atoms with Crippen molar-refractivity contribution < 1.29 is 128 Å². The number of hydrogen-bond acceptors (Lipinski definition) is 29. The summed E-state index contributed by atoms with van der Waals surface area (Å²) in [6.07, 6.45) is -15.5. The molecule has 4 aromatic heterocycles. The first-order chi connectivity index (χ1) is 57.6. The summed E-state index contributed by atoms with van der Waals surface area (Å²) in [5.74, 6) is -15.8. The van der Waals surface area contributed by atoms with Crippen LogP contribution in [0.4, 0.5) is 69.8 Å². The molecular formula is C77H76F8N14O23. The van der Waals surface area contributed by atoms with E-state index in [-0.39, 0.29) is 40.0 Å². The second kappa shape index (κ2) is 34.3. The largest absolute Gasteiger partial charge is 0.488 e. The summed E-state index contributed by atoms with van der Waals surface area (Å²) >= 11 is 0. The predicted octanol–water partition coefficient (Wildman–Crippen LogP) is 3.69. The number of ether oxygens (including phenoxy) is 7. The number of anilines is 6. The summed E-state index contributed by atoms with van der Waals surface area (Å²) < 4.78 is 152. The number of hydrogen-bond donors (Lipinski definition) is 13. The van der Waals surface area contributed by atoms with Crippen LogP contribution in [-0.4, -0.2) is 214 Å². The van der Waals surface area contributed by atoms with E-state index in [0.29, 0.717) is 64.1 Å². The smallest absolute Gasteiger partial charge is 0.351 e. The third kappa shape index (κ3) is 17.5. The number of aryl methyl sites for hydroxylation is 3. The molecule has 1 aliphatic carbocycles. The molecule has 8 aliphatic rings. The first-order valence-electron chi connectivity index (χ1n) is 37.0. The van der Waals surface area contributed by atoms with Gasteiger partial charge in [0.2, 0.25) is 24.9 Å². The molecule has 16 rings (SSSR count). The molecule has 4 unspecified atom stereocenters. The second-order valence-electron chi connectivity index (χ2n) is 29.3. The summed E-state index contributed by atoms with van der Waals surface area (Å²) in [5, 5.41) is 87.2. The molecule has 13 N–H and O–H groups in total. The fourth-order valence-electron chi connectivity index (χ4n) is 13.9. The molecule has 37 nitrogen and oxygen atoms in total. The number of aromatic nitrogens is 8. The Morgan fingerprint density at radius 3 is 1.17 bits per heavy atom. The van der Waals surface area contributed by atoms with Crippen molar-refractivity contribution in [3.63, 3.8) is 0 Å². The third-order valence-corrected chi connectivity index (χ3v) is 20.5. The Hall–Kier alpha value is -12.3. The maximum atomic E-state index is 14.3. The van der Waals surface area contributed by atoms with Gasteiger partial charge in [0.15, 0.2) is 47.7 Å². The molecule has 648 valence electrons. The lowest BCUT2D eigenvalue weighted by Crippen LogP contribution is -2.41. The average molecular weight is 1720 g/mol. The molecule has 4 amide bonds. The number of aliphatic hydroxyl groups is 8. The van der Waals surface area contributed by atoms with Crippen molar-refractivity contribution in [2.75, 3.05) is 65.0 Å². The van der Waals surface area contributed by atoms with E-state index < -0.39 is 170 Å². The molecule has 4 aromatic carbocycles. The molecule has 0 saturated carbocycles. The quantitative estimate of drug-likeness (QED) is 0.0613. The Kier molecular flexibility index (Phi) is 24.6. The summed E-state index contributed by atoms with van der Waals surface area (Å²) in [7, 11) is 1.76. The van der Waals surface area contributed by atoms with Crippen LogP contribution in [0.25, 0.3) is 0 Å². The Balaban J connectivity index is 0.000000140. The van der Waals surface area contributed by atoms with Crippen molar-refractivity contribution in [3.05, 3.63) is 228 Å². The highest BCUT2D eigenvalue weighted by Crippen LogP contribution is 2.47. The highest BCUT2D eigenvalue weighted by Gasteiger charge is 2.63. The standard InChI is InChI=1S/C21H23F2N3O6.C19H18F2N4O6.C19H19F2N3O5.C18H16F2N4O6/c1-20(2)7-5-11-9-12(3-4-13(11)32-20)17(29)24-15-6-8-26(19(30)25-15)18-21(22,23)16(28)14(10-27)31-18;1-9-24(2)11-4-3-10(7-12(11)30-9)16(28)22-14-5-6-25(18(29)23-14)17-19(20,21)15(27)13(8-26)31-17;20-19(21)15(26)13(9-25)29-17(19)24-7-6-14(23-18(24)28)22-16(27)12-5-4-10-2-1-3-11(10)8-12;1-8-21-10-3-2-9(6-11(10)29-8)15(27)22-13-4-5-24(17(28)23-13)16-18(19,20)14(26)12(7-25)30-16/h3-4,6,8-9,14,16,18,27-28H,5,7,10H2,1-2H3,(H,24,25,29,30);3-7,13,15,17,26-27H,1,8H2,2H3,(H,22,23,28,29);4-8,13,15,17,25-26H,1-3,9H2,(H,22,23,27,28);2-6,12,14,16,21,25-26H,1,7H2,(H,22,23,27,28)/t14-,16-,18?;2*13-,15-,17?;12-,14-,16?/m1111/s1. The highest BCUT2D eigenvalue weighted by molar-refractivity contribution is 6.06. The lowest BCUT2D eigenvalue weighted by atomic mass is 9.93. The fourth-order valence-corrected chi connectivity index (χ4v) is 13.9. The first kappa shape index (κ1) is 87.5. The van der Waals surface area contributed by atoms with Gasteiger partial charge in [-0.15, -0.1) is 0 Å². The minimum Gasteiger partial charge on any atom is -0.488 e. The molecule has 0 spiro atoms. The van der Waals surface area contributed by atoms with Crippen LogP contribution in [0.1, 0.15) is 110 Å². The van der Waals surface area contributed by atoms with Crippen molar-refractivity contribution in [1.82, 2.24) is 38.2 Å². The van der Waals surface area contributed by atoms with Gasteiger partial charge in [0, 0.05) is 54.1 Å². The SMILES string of the molecule is C=C1Nc2ccc(C(=O)Nc3ccn(C4O[C@H](CO)[C@@H](O)C4(F)F)c(=O)n3)cc2O1.C=C1Oc2cc(C(=O)Nc3ccn(C4O[C@H](CO)[C@@H](O)C4(F)F)c(=O)n3)ccc2N1C.CC1(C)CCc2cc(C(=O)Nc3ccn(C4O[C@H](CO)[C@@H](O)C4(F)F)c(=O)n3)ccc2O1.O=C(Nc1ccn(C2O[C@H](CO)[C@@H](O)C2(F)F)c(=O)n1)c1ccc2c(c1)CCC2. The molecule has 45 heteroatoms. The van der Waals surface area contributed by atoms with Gasteiger partial charge >= 0.3 is 46.4 Å². The number of nitrogens with one attached hydrogen (secondary N) is 5. The Bertz CT molecular complexity index is 5680. The summed E-state index contributed by atoms with van der Waals surface area (Å²) in [5.41, 5.74) is 0.978. The molecule has 8 aromatic rings.